The van der Waals surface area contributed by atoms with Gasteiger partial charge < -0.3 is 11.5 Å². The molecule has 4 aromatic rings. The van der Waals surface area contributed by atoms with E-state index in [9.17, 15) is 4.79 Å². The number of pyridine rings is 2. The molecule has 0 fully saturated rings. The highest BCUT2D eigenvalue weighted by molar-refractivity contribution is 6.30. The fourth-order valence-corrected chi connectivity index (χ4v) is 3.27. The number of fused-ring (bicyclic) bond motifs is 1. The van der Waals surface area contributed by atoms with E-state index in [-0.39, 0.29) is 5.56 Å². The lowest BCUT2D eigenvalue weighted by Crippen LogP contribution is -2.23. The van der Waals surface area contributed by atoms with Crippen molar-refractivity contribution in [3.8, 4) is 16.8 Å². The summed E-state index contributed by atoms with van der Waals surface area (Å²) in [4.78, 5) is 18.0. The lowest BCUT2D eigenvalue weighted by Gasteiger charge is -2.16. The molecule has 0 bridgehead atoms. The third-order valence-corrected chi connectivity index (χ3v) is 4.74. The smallest absolute Gasteiger partial charge is 0.266 e. The van der Waals surface area contributed by atoms with Gasteiger partial charge in [0, 0.05) is 21.8 Å². The van der Waals surface area contributed by atoms with Gasteiger partial charge in [0.25, 0.3) is 5.56 Å². The van der Waals surface area contributed by atoms with Crippen LogP contribution in [0.5, 0.6) is 0 Å². The van der Waals surface area contributed by atoms with E-state index in [0.717, 1.165) is 5.69 Å². The van der Waals surface area contributed by atoms with E-state index in [0.29, 0.717) is 44.2 Å². The number of halogens is 1. The van der Waals surface area contributed by atoms with Crippen molar-refractivity contribution in [3.05, 3.63) is 81.7 Å². The third kappa shape index (κ3) is 2.92. The summed E-state index contributed by atoms with van der Waals surface area (Å²) < 4.78 is 1.57. The highest BCUT2D eigenvalue weighted by atomic mass is 35.5. The predicted molar refractivity (Wildman–Crippen MR) is 111 cm³/mol. The molecule has 0 saturated heterocycles. The molecular weight excluding hydrogens is 360 g/mol. The van der Waals surface area contributed by atoms with Gasteiger partial charge in [0.1, 0.15) is 5.65 Å². The molecule has 0 spiro atoms. The summed E-state index contributed by atoms with van der Waals surface area (Å²) in [5.41, 5.74) is 16.1. The maximum atomic E-state index is 13.5. The molecule has 0 saturated carbocycles. The number of nitrogens with zero attached hydrogens (tertiary/aromatic N) is 2. The predicted octanol–water partition coefficient (Wildman–Crippen LogP) is 4.18. The summed E-state index contributed by atoms with van der Waals surface area (Å²) in [5.74, 6) is 0. The zero-order chi connectivity index (χ0) is 19.1. The molecule has 6 heteroatoms. The Morgan fingerprint density at radius 2 is 1.59 bits per heavy atom. The van der Waals surface area contributed by atoms with Gasteiger partial charge in [-0.3, -0.25) is 9.36 Å². The van der Waals surface area contributed by atoms with Crippen molar-refractivity contribution in [2.75, 3.05) is 11.5 Å². The van der Waals surface area contributed by atoms with E-state index in [1.807, 2.05) is 19.1 Å². The van der Waals surface area contributed by atoms with Gasteiger partial charge in [-0.2, -0.15) is 0 Å². The van der Waals surface area contributed by atoms with E-state index < -0.39 is 0 Å². The summed E-state index contributed by atoms with van der Waals surface area (Å²) in [6.07, 6.45) is 0. The monoisotopic (exact) mass is 376 g/mol. The van der Waals surface area contributed by atoms with Gasteiger partial charge in [-0.15, -0.1) is 0 Å². The second kappa shape index (κ2) is 6.45. The van der Waals surface area contributed by atoms with Crippen molar-refractivity contribution in [2.45, 2.75) is 6.92 Å². The van der Waals surface area contributed by atoms with Crippen molar-refractivity contribution in [1.29, 1.82) is 0 Å². The molecule has 27 heavy (non-hydrogen) atoms. The van der Waals surface area contributed by atoms with E-state index in [1.165, 1.54) is 0 Å². The second-order valence-corrected chi connectivity index (χ2v) is 6.79. The Bertz CT molecular complexity index is 1210. The maximum Gasteiger partial charge on any atom is 0.266 e. The van der Waals surface area contributed by atoms with Gasteiger partial charge in [-0.1, -0.05) is 23.7 Å². The van der Waals surface area contributed by atoms with Gasteiger partial charge >= 0.3 is 0 Å². The lowest BCUT2D eigenvalue weighted by atomic mass is 10.0. The van der Waals surface area contributed by atoms with Crippen LogP contribution in [-0.4, -0.2) is 9.55 Å². The summed E-state index contributed by atoms with van der Waals surface area (Å²) in [7, 11) is 0. The van der Waals surface area contributed by atoms with Crippen molar-refractivity contribution < 1.29 is 0 Å². The SMILES string of the molecule is Cc1ccc2c(N)c(-c3ccc(N)cc3)c(=O)n(-c3ccc(Cl)cc3)c2n1. The van der Waals surface area contributed by atoms with Gasteiger partial charge in [0.05, 0.1) is 16.9 Å². The zero-order valence-corrected chi connectivity index (χ0v) is 15.4. The van der Waals surface area contributed by atoms with Crippen LogP contribution in [0.25, 0.3) is 27.8 Å². The number of aromatic nitrogens is 2. The normalized spacial score (nSPS) is 11.0. The Kier molecular flexibility index (Phi) is 4.09. The second-order valence-electron chi connectivity index (χ2n) is 6.35. The number of anilines is 2. The minimum absolute atomic E-state index is 0.245. The molecule has 0 atom stereocenters. The topological polar surface area (TPSA) is 86.9 Å². The van der Waals surface area contributed by atoms with Crippen molar-refractivity contribution in [2.24, 2.45) is 0 Å². The molecule has 0 unspecified atom stereocenters. The first kappa shape index (κ1) is 17.1. The van der Waals surface area contributed by atoms with Crippen LogP contribution in [-0.2, 0) is 0 Å². The Morgan fingerprint density at radius 1 is 0.926 bits per heavy atom. The fraction of sp³-hybridized carbons (Fsp3) is 0.0476. The number of nitrogen functional groups attached to an aromatic ring is 2. The fourth-order valence-electron chi connectivity index (χ4n) is 3.14. The highest BCUT2D eigenvalue weighted by Gasteiger charge is 2.18. The maximum absolute atomic E-state index is 13.5. The first-order valence-electron chi connectivity index (χ1n) is 8.39. The van der Waals surface area contributed by atoms with E-state index in [4.69, 9.17) is 23.1 Å². The Morgan fingerprint density at radius 3 is 2.26 bits per heavy atom. The average Bonchev–Trinajstić information content (AvgIpc) is 2.65. The Labute approximate surface area is 160 Å². The van der Waals surface area contributed by atoms with Crippen LogP contribution in [0.1, 0.15) is 5.69 Å². The van der Waals surface area contributed by atoms with Crippen LogP contribution in [0.4, 0.5) is 11.4 Å². The zero-order valence-electron chi connectivity index (χ0n) is 14.6. The molecule has 2 aromatic heterocycles. The Balaban J connectivity index is 2.14. The van der Waals surface area contributed by atoms with Gasteiger partial charge in [0.15, 0.2) is 0 Å². The molecule has 2 aromatic carbocycles. The standard InChI is InChI=1S/C21H17ClN4O/c1-12-2-11-17-19(24)18(13-3-7-15(23)8-4-13)21(27)26(20(17)25-12)16-9-5-14(22)6-10-16/h2-11H,23-24H2,1H3. The van der Waals surface area contributed by atoms with Gasteiger partial charge in [-0.05, 0) is 61.0 Å². The lowest BCUT2D eigenvalue weighted by molar-refractivity contribution is 1.01. The number of nitrogens with two attached hydrogens (primary N) is 2. The van der Waals surface area contributed by atoms with E-state index in [1.54, 1.807) is 53.1 Å². The van der Waals surface area contributed by atoms with Crippen molar-refractivity contribution >= 4 is 34.0 Å². The van der Waals surface area contributed by atoms with Crippen LogP contribution in [0.3, 0.4) is 0 Å². The van der Waals surface area contributed by atoms with E-state index in [2.05, 4.69) is 4.98 Å². The number of aryl methyl sites for hydroxylation is 1. The molecule has 0 radical (unpaired) electrons. The molecule has 2 heterocycles. The Hall–Kier alpha value is -3.31. The minimum Gasteiger partial charge on any atom is -0.399 e. The van der Waals surface area contributed by atoms with E-state index >= 15 is 0 Å². The molecule has 0 aliphatic carbocycles. The van der Waals surface area contributed by atoms with Gasteiger partial charge in [0.2, 0.25) is 0 Å². The molecule has 134 valence electrons. The molecular formula is C21H17ClN4O. The minimum atomic E-state index is -0.245. The molecule has 4 rings (SSSR count). The van der Waals surface area contributed by atoms with Crippen LogP contribution in [0.2, 0.25) is 5.02 Å². The van der Waals surface area contributed by atoms with Crippen LogP contribution in [0.15, 0.2) is 65.5 Å². The summed E-state index contributed by atoms with van der Waals surface area (Å²) in [5, 5.41) is 1.30. The number of hydrogen-bond acceptors (Lipinski definition) is 4. The first-order valence-corrected chi connectivity index (χ1v) is 8.77. The summed E-state index contributed by atoms with van der Waals surface area (Å²) >= 11 is 6.01. The number of benzene rings is 2. The highest BCUT2D eigenvalue weighted by Crippen LogP contribution is 2.31. The van der Waals surface area contributed by atoms with Crippen LogP contribution in [0, 0.1) is 6.92 Å². The number of hydrogen-bond donors (Lipinski definition) is 2. The average molecular weight is 377 g/mol. The largest absolute Gasteiger partial charge is 0.399 e. The van der Waals surface area contributed by atoms with Crippen molar-refractivity contribution in [1.82, 2.24) is 9.55 Å². The molecule has 0 amide bonds. The third-order valence-electron chi connectivity index (χ3n) is 4.49. The van der Waals surface area contributed by atoms with Crippen LogP contribution < -0.4 is 17.0 Å². The van der Waals surface area contributed by atoms with Crippen molar-refractivity contribution in [3.63, 3.8) is 0 Å². The van der Waals surface area contributed by atoms with Crippen LogP contribution >= 0.6 is 11.6 Å². The first-order chi connectivity index (χ1) is 13.0. The summed E-state index contributed by atoms with van der Waals surface area (Å²) in [6.45, 7) is 1.88. The van der Waals surface area contributed by atoms with Gasteiger partial charge in [-0.25, -0.2) is 4.98 Å². The molecule has 0 aliphatic rings. The summed E-state index contributed by atoms with van der Waals surface area (Å²) in [6, 6.07) is 17.9. The molecule has 4 N–H and O–H groups in total. The molecule has 5 nitrogen and oxygen atoms in total. The quantitative estimate of drug-likeness (QED) is 0.514. The molecule has 0 aliphatic heterocycles. The number of rotatable bonds is 2.